The summed E-state index contributed by atoms with van der Waals surface area (Å²) < 4.78 is 0. The number of aryl methyl sites for hydroxylation is 1. The van der Waals surface area contributed by atoms with E-state index >= 15 is 0 Å². The zero-order chi connectivity index (χ0) is 13.1. The Kier molecular flexibility index (Phi) is 3.98. The summed E-state index contributed by atoms with van der Waals surface area (Å²) in [6, 6.07) is 1.91. The highest BCUT2D eigenvalue weighted by Gasteiger charge is 2.20. The van der Waals surface area contributed by atoms with Crippen LogP contribution in [-0.2, 0) is 11.3 Å². The van der Waals surface area contributed by atoms with Crippen molar-refractivity contribution in [1.82, 2.24) is 10.6 Å². The Bertz CT molecular complexity index is 470. The Balaban J connectivity index is 1.83. The normalized spacial score (nSPS) is 18.9. The summed E-state index contributed by atoms with van der Waals surface area (Å²) in [5.41, 5.74) is 1.02. The molecule has 1 aromatic rings. The molecular formula is C12H16N2O3S. The number of carboxylic acids is 1. The van der Waals surface area contributed by atoms with Crippen molar-refractivity contribution < 1.29 is 14.7 Å². The smallest absolute Gasteiger partial charge is 0.345 e. The van der Waals surface area contributed by atoms with Gasteiger partial charge in [-0.25, -0.2) is 4.79 Å². The van der Waals surface area contributed by atoms with E-state index in [0.29, 0.717) is 17.8 Å². The first-order valence-corrected chi connectivity index (χ1v) is 6.70. The van der Waals surface area contributed by atoms with Crippen LogP contribution in [-0.4, -0.2) is 29.6 Å². The van der Waals surface area contributed by atoms with Crippen LogP contribution in [0.1, 0.15) is 33.0 Å². The van der Waals surface area contributed by atoms with Gasteiger partial charge in [0, 0.05) is 30.4 Å². The lowest BCUT2D eigenvalue weighted by Gasteiger charge is -2.10. The Hall–Kier alpha value is -1.40. The van der Waals surface area contributed by atoms with E-state index in [2.05, 4.69) is 10.6 Å². The molecule has 2 rings (SSSR count). The van der Waals surface area contributed by atoms with Crippen LogP contribution in [0.2, 0.25) is 0 Å². The van der Waals surface area contributed by atoms with Crippen LogP contribution in [0, 0.1) is 6.92 Å². The van der Waals surface area contributed by atoms with Gasteiger partial charge in [-0.05, 0) is 25.0 Å². The van der Waals surface area contributed by atoms with Crippen LogP contribution >= 0.6 is 11.3 Å². The topological polar surface area (TPSA) is 78.4 Å². The van der Waals surface area contributed by atoms with Crippen molar-refractivity contribution in [3.05, 3.63) is 21.4 Å². The van der Waals surface area contributed by atoms with Gasteiger partial charge in [-0.2, -0.15) is 0 Å². The summed E-state index contributed by atoms with van der Waals surface area (Å²) in [7, 11) is 0. The van der Waals surface area contributed by atoms with Crippen molar-refractivity contribution in [2.24, 2.45) is 0 Å². The lowest BCUT2D eigenvalue weighted by molar-refractivity contribution is -0.119. The van der Waals surface area contributed by atoms with E-state index in [1.54, 1.807) is 6.07 Å². The van der Waals surface area contributed by atoms with E-state index in [1.807, 2.05) is 6.92 Å². The Morgan fingerprint density at radius 1 is 1.67 bits per heavy atom. The highest BCUT2D eigenvalue weighted by atomic mass is 32.1. The van der Waals surface area contributed by atoms with E-state index in [4.69, 9.17) is 5.11 Å². The second kappa shape index (κ2) is 5.49. The number of carbonyl (C=O) groups is 2. The molecule has 2 heterocycles. The molecule has 0 saturated carbocycles. The fraction of sp³-hybridized carbons (Fsp3) is 0.500. The largest absolute Gasteiger partial charge is 0.477 e. The zero-order valence-electron chi connectivity index (χ0n) is 10.2. The second-order valence-corrected chi connectivity index (χ2v) is 5.69. The van der Waals surface area contributed by atoms with Gasteiger partial charge in [-0.1, -0.05) is 0 Å². The second-order valence-electron chi connectivity index (χ2n) is 4.43. The van der Waals surface area contributed by atoms with E-state index < -0.39 is 5.97 Å². The zero-order valence-corrected chi connectivity index (χ0v) is 11.0. The molecule has 6 heteroatoms. The number of aromatic carboxylic acids is 1. The minimum atomic E-state index is -0.877. The molecule has 1 amide bonds. The molecule has 0 radical (unpaired) electrons. The van der Waals surface area contributed by atoms with Crippen LogP contribution in [0.4, 0.5) is 0 Å². The van der Waals surface area contributed by atoms with Crippen molar-refractivity contribution in [3.8, 4) is 0 Å². The van der Waals surface area contributed by atoms with Gasteiger partial charge < -0.3 is 15.7 Å². The number of rotatable bonds is 5. The molecule has 18 heavy (non-hydrogen) atoms. The van der Waals surface area contributed by atoms with Gasteiger partial charge in [-0.15, -0.1) is 11.3 Å². The SMILES string of the molecule is Cc1sc(C(=O)O)cc1CNCC1CCC(=O)N1. The molecule has 1 atom stereocenters. The van der Waals surface area contributed by atoms with Gasteiger partial charge >= 0.3 is 5.97 Å². The molecule has 98 valence electrons. The third-order valence-electron chi connectivity index (χ3n) is 3.02. The predicted molar refractivity (Wildman–Crippen MR) is 68.9 cm³/mol. The number of thiophene rings is 1. The fourth-order valence-electron chi connectivity index (χ4n) is 2.01. The molecule has 0 spiro atoms. The average Bonchev–Trinajstić information content (AvgIpc) is 2.87. The van der Waals surface area contributed by atoms with Gasteiger partial charge in [0.05, 0.1) is 0 Å². The lowest BCUT2D eigenvalue weighted by Crippen LogP contribution is -2.35. The van der Waals surface area contributed by atoms with E-state index in [9.17, 15) is 9.59 Å². The molecule has 3 N–H and O–H groups in total. The summed E-state index contributed by atoms with van der Waals surface area (Å²) in [6.07, 6.45) is 1.47. The van der Waals surface area contributed by atoms with Gasteiger partial charge in [0.1, 0.15) is 4.88 Å². The van der Waals surface area contributed by atoms with Gasteiger partial charge in [0.15, 0.2) is 0 Å². The Morgan fingerprint density at radius 3 is 3.00 bits per heavy atom. The number of amides is 1. The maximum Gasteiger partial charge on any atom is 0.345 e. The van der Waals surface area contributed by atoms with Crippen LogP contribution in [0.5, 0.6) is 0 Å². The fourth-order valence-corrected chi connectivity index (χ4v) is 2.89. The number of nitrogens with one attached hydrogen (secondary N) is 2. The van der Waals surface area contributed by atoms with Crippen molar-refractivity contribution in [1.29, 1.82) is 0 Å². The predicted octanol–water partition coefficient (Wildman–Crippen LogP) is 1.12. The monoisotopic (exact) mass is 268 g/mol. The molecule has 1 fully saturated rings. The maximum absolute atomic E-state index is 11.0. The van der Waals surface area contributed by atoms with E-state index in [0.717, 1.165) is 23.4 Å². The van der Waals surface area contributed by atoms with Gasteiger partial charge in [0.25, 0.3) is 0 Å². The summed E-state index contributed by atoms with van der Waals surface area (Å²) >= 11 is 1.30. The van der Waals surface area contributed by atoms with Crippen LogP contribution in [0.15, 0.2) is 6.07 Å². The molecule has 1 aliphatic heterocycles. The highest BCUT2D eigenvalue weighted by Crippen LogP contribution is 2.21. The minimum absolute atomic E-state index is 0.113. The number of carboxylic acid groups (broad SMARTS) is 1. The molecule has 0 aromatic carbocycles. The van der Waals surface area contributed by atoms with Crippen molar-refractivity contribution in [2.45, 2.75) is 32.4 Å². The third kappa shape index (κ3) is 3.08. The molecule has 1 unspecified atom stereocenters. The van der Waals surface area contributed by atoms with Crippen LogP contribution in [0.3, 0.4) is 0 Å². The first kappa shape index (κ1) is 13.0. The number of hydrogen-bond donors (Lipinski definition) is 3. The number of hydrogen-bond acceptors (Lipinski definition) is 4. The van der Waals surface area contributed by atoms with E-state index in [-0.39, 0.29) is 11.9 Å². The first-order chi connectivity index (χ1) is 8.56. The number of carbonyl (C=O) groups excluding carboxylic acids is 1. The summed E-state index contributed by atoms with van der Waals surface area (Å²) in [5, 5.41) is 15.0. The minimum Gasteiger partial charge on any atom is -0.477 e. The molecule has 0 aliphatic carbocycles. The van der Waals surface area contributed by atoms with Crippen LogP contribution in [0.25, 0.3) is 0 Å². The lowest BCUT2D eigenvalue weighted by atomic mass is 10.2. The molecular weight excluding hydrogens is 252 g/mol. The van der Waals surface area contributed by atoms with Crippen molar-refractivity contribution >= 4 is 23.2 Å². The Morgan fingerprint density at radius 2 is 2.44 bits per heavy atom. The third-order valence-corrected chi connectivity index (χ3v) is 4.10. The maximum atomic E-state index is 11.0. The molecule has 1 aliphatic rings. The molecule has 0 bridgehead atoms. The summed E-state index contributed by atoms with van der Waals surface area (Å²) in [6.45, 7) is 3.29. The van der Waals surface area contributed by atoms with Gasteiger partial charge in [0.2, 0.25) is 5.91 Å². The molecule has 5 nitrogen and oxygen atoms in total. The summed E-state index contributed by atoms with van der Waals surface area (Å²) in [4.78, 5) is 23.2. The standard InChI is InChI=1S/C12H16N2O3S/c1-7-8(4-10(18-7)12(16)17)5-13-6-9-2-3-11(15)14-9/h4,9,13H,2-3,5-6H2,1H3,(H,14,15)(H,16,17). The molecule has 1 aromatic heterocycles. The summed E-state index contributed by atoms with van der Waals surface area (Å²) in [5.74, 6) is -0.765. The molecule has 1 saturated heterocycles. The van der Waals surface area contributed by atoms with Crippen molar-refractivity contribution in [3.63, 3.8) is 0 Å². The average molecular weight is 268 g/mol. The quantitative estimate of drug-likeness (QED) is 0.748. The Labute approximate surface area is 109 Å². The first-order valence-electron chi connectivity index (χ1n) is 5.89. The van der Waals surface area contributed by atoms with Crippen molar-refractivity contribution in [2.75, 3.05) is 6.54 Å². The highest BCUT2D eigenvalue weighted by molar-refractivity contribution is 7.14. The van der Waals surface area contributed by atoms with Gasteiger partial charge in [-0.3, -0.25) is 4.79 Å². The van der Waals surface area contributed by atoms with Crippen LogP contribution < -0.4 is 10.6 Å². The van der Waals surface area contributed by atoms with E-state index in [1.165, 1.54) is 11.3 Å².